The molecule has 0 aliphatic carbocycles. The van der Waals surface area contributed by atoms with E-state index in [1.54, 1.807) is 0 Å². The zero-order chi connectivity index (χ0) is 22.9. The van der Waals surface area contributed by atoms with Crippen LogP contribution < -0.4 is 4.31 Å². The van der Waals surface area contributed by atoms with Crippen LogP contribution in [0.1, 0.15) is 5.56 Å². The van der Waals surface area contributed by atoms with Gasteiger partial charge in [0.2, 0.25) is 0 Å². The van der Waals surface area contributed by atoms with Crippen LogP contribution in [-0.2, 0) is 35.9 Å². The molecule has 0 radical (unpaired) electrons. The zero-order valence-electron chi connectivity index (χ0n) is 15.7. The highest BCUT2D eigenvalue weighted by Crippen LogP contribution is 2.32. The summed E-state index contributed by atoms with van der Waals surface area (Å²) in [6.45, 7) is -1.00. The Bertz CT molecular complexity index is 1140. The van der Waals surface area contributed by atoms with E-state index in [9.17, 15) is 34.8 Å². The minimum atomic E-state index is -4.85. The maximum absolute atomic E-state index is 13.0. The molecule has 0 fully saturated rings. The molecular weight excluding hydrogens is 455 g/mol. The lowest BCUT2D eigenvalue weighted by Crippen LogP contribution is -2.37. The predicted octanol–water partition coefficient (Wildman–Crippen LogP) is 0.320. The topological polar surface area (TPSA) is 132 Å². The summed E-state index contributed by atoms with van der Waals surface area (Å²) < 4.78 is 94.8. The molecule has 11 nitrogen and oxygen atoms in total. The second-order valence-corrected chi connectivity index (χ2v) is 9.58. The second kappa shape index (κ2) is 8.19. The standard InChI is InChI=1S/C14H16F3N5O6S2/c1-20(2)30(26,27)22-9-18-13(19-22)29(24,25)21(8-12(23)28-3)11-6-4-5-10(7-11)14(15,16)17/h4-7,9H,8H2,1-3H3. The molecule has 1 aromatic carbocycles. The van der Waals surface area contributed by atoms with Crippen molar-refractivity contribution in [2.24, 2.45) is 0 Å². The Morgan fingerprint density at radius 1 is 1.20 bits per heavy atom. The van der Waals surface area contributed by atoms with Crippen LogP contribution in [0.4, 0.5) is 18.9 Å². The minimum Gasteiger partial charge on any atom is -0.468 e. The molecule has 0 amide bonds. The monoisotopic (exact) mass is 471 g/mol. The molecular formula is C14H16F3N5O6S2. The molecule has 0 aliphatic heterocycles. The number of carbonyl (C=O) groups excluding carboxylic acids is 1. The maximum Gasteiger partial charge on any atom is 0.416 e. The summed E-state index contributed by atoms with van der Waals surface area (Å²) in [5.74, 6) is -1.09. The molecule has 0 N–H and O–H groups in total. The molecule has 2 aromatic rings. The first-order valence-corrected chi connectivity index (χ1v) is 10.7. The van der Waals surface area contributed by atoms with E-state index in [1.807, 2.05) is 0 Å². The predicted molar refractivity (Wildman–Crippen MR) is 96.0 cm³/mol. The van der Waals surface area contributed by atoms with Gasteiger partial charge in [-0.2, -0.15) is 34.3 Å². The molecule has 16 heteroatoms. The number of rotatable bonds is 7. The summed E-state index contributed by atoms with van der Waals surface area (Å²) in [4.78, 5) is 15.1. The van der Waals surface area contributed by atoms with E-state index in [2.05, 4.69) is 14.8 Å². The van der Waals surface area contributed by atoms with Gasteiger partial charge in [0.25, 0.3) is 5.16 Å². The molecule has 0 bridgehead atoms. The number of esters is 1. The zero-order valence-corrected chi connectivity index (χ0v) is 17.4. The quantitative estimate of drug-likeness (QED) is 0.528. The van der Waals surface area contributed by atoms with E-state index in [0.717, 1.165) is 37.6 Å². The summed E-state index contributed by atoms with van der Waals surface area (Å²) in [5.41, 5.74) is -1.69. The van der Waals surface area contributed by atoms with Crippen LogP contribution in [0.5, 0.6) is 0 Å². The number of carbonyl (C=O) groups is 1. The molecule has 1 aromatic heterocycles. The number of ether oxygens (including phenoxy) is 1. The van der Waals surface area contributed by atoms with Gasteiger partial charge < -0.3 is 4.74 Å². The van der Waals surface area contributed by atoms with Gasteiger partial charge in [-0.15, -0.1) is 9.19 Å². The maximum atomic E-state index is 13.0. The molecule has 0 spiro atoms. The number of hydrogen-bond acceptors (Lipinski definition) is 8. The number of alkyl halides is 3. The van der Waals surface area contributed by atoms with E-state index >= 15 is 0 Å². The minimum absolute atomic E-state index is 0.266. The van der Waals surface area contributed by atoms with E-state index in [-0.39, 0.29) is 8.39 Å². The highest BCUT2D eigenvalue weighted by Gasteiger charge is 2.35. The van der Waals surface area contributed by atoms with Crippen LogP contribution in [0.3, 0.4) is 0 Å². The van der Waals surface area contributed by atoms with E-state index in [0.29, 0.717) is 18.5 Å². The second-order valence-electron chi connectivity index (χ2n) is 5.83. The van der Waals surface area contributed by atoms with Gasteiger partial charge in [0.1, 0.15) is 12.9 Å². The molecule has 0 saturated carbocycles. The number of sulfonamides is 1. The van der Waals surface area contributed by atoms with Crippen molar-refractivity contribution in [3.63, 3.8) is 0 Å². The molecule has 2 rings (SSSR count). The third-order valence-electron chi connectivity index (χ3n) is 3.63. The lowest BCUT2D eigenvalue weighted by molar-refractivity contribution is -0.139. The average molecular weight is 471 g/mol. The number of halogens is 3. The number of methoxy groups -OCH3 is 1. The van der Waals surface area contributed by atoms with Gasteiger partial charge in [0, 0.05) is 14.1 Å². The first kappa shape index (κ1) is 23.6. The van der Waals surface area contributed by atoms with Crippen LogP contribution in [0.25, 0.3) is 0 Å². The van der Waals surface area contributed by atoms with Crippen molar-refractivity contribution < 1.29 is 39.5 Å². The first-order chi connectivity index (χ1) is 13.7. The lowest BCUT2D eigenvalue weighted by atomic mass is 10.2. The summed E-state index contributed by atoms with van der Waals surface area (Å²) in [6.07, 6.45) is -4.18. The van der Waals surface area contributed by atoms with Crippen molar-refractivity contribution in [3.8, 4) is 0 Å². The smallest absolute Gasteiger partial charge is 0.416 e. The number of hydrogen-bond donors (Lipinski definition) is 0. The van der Waals surface area contributed by atoms with Crippen molar-refractivity contribution in [2.75, 3.05) is 32.1 Å². The largest absolute Gasteiger partial charge is 0.468 e. The van der Waals surface area contributed by atoms with E-state index in [1.165, 1.54) is 0 Å². The molecule has 0 aliphatic rings. The summed E-state index contributed by atoms with van der Waals surface area (Å²) in [7, 11) is -5.77. The first-order valence-electron chi connectivity index (χ1n) is 7.82. The molecule has 166 valence electrons. The molecule has 0 saturated heterocycles. The van der Waals surface area contributed by atoms with Crippen LogP contribution in [0.2, 0.25) is 0 Å². The van der Waals surface area contributed by atoms with E-state index in [4.69, 9.17) is 0 Å². The number of anilines is 1. The molecule has 0 atom stereocenters. The van der Waals surface area contributed by atoms with Gasteiger partial charge in [-0.05, 0) is 18.2 Å². The van der Waals surface area contributed by atoms with Crippen molar-refractivity contribution in [2.45, 2.75) is 11.3 Å². The third kappa shape index (κ3) is 4.71. The van der Waals surface area contributed by atoms with Crippen molar-refractivity contribution >= 4 is 31.9 Å². The highest BCUT2D eigenvalue weighted by atomic mass is 32.2. The van der Waals surface area contributed by atoms with Crippen molar-refractivity contribution in [3.05, 3.63) is 36.2 Å². The fourth-order valence-corrected chi connectivity index (χ4v) is 4.03. The number of nitrogens with zero attached hydrogens (tertiary/aromatic N) is 5. The SMILES string of the molecule is COC(=O)CN(c1cccc(C(F)(F)F)c1)S(=O)(=O)c1ncn(S(=O)(=O)N(C)C)n1. The molecule has 30 heavy (non-hydrogen) atoms. The van der Waals surface area contributed by atoms with Gasteiger partial charge in [-0.3, -0.25) is 9.10 Å². The fraction of sp³-hybridized carbons (Fsp3) is 0.357. The number of aromatic nitrogens is 3. The van der Waals surface area contributed by atoms with Crippen LogP contribution in [0.15, 0.2) is 35.7 Å². The fourth-order valence-electron chi connectivity index (χ4n) is 2.06. The summed E-state index contributed by atoms with van der Waals surface area (Å²) >= 11 is 0. The Hall–Kier alpha value is -2.72. The molecule has 0 unspecified atom stereocenters. The van der Waals surface area contributed by atoms with Gasteiger partial charge in [-0.1, -0.05) is 6.07 Å². The van der Waals surface area contributed by atoms with Crippen LogP contribution in [-0.4, -0.2) is 69.0 Å². The van der Waals surface area contributed by atoms with E-state index < -0.39 is 55.3 Å². The van der Waals surface area contributed by atoms with Crippen LogP contribution >= 0.6 is 0 Å². The van der Waals surface area contributed by atoms with Gasteiger partial charge in [0.15, 0.2) is 0 Å². The van der Waals surface area contributed by atoms with Gasteiger partial charge >= 0.3 is 32.4 Å². The Balaban J connectivity index is 2.60. The van der Waals surface area contributed by atoms with Gasteiger partial charge in [0.05, 0.1) is 18.4 Å². The van der Waals surface area contributed by atoms with Crippen molar-refractivity contribution in [1.82, 2.24) is 18.5 Å². The summed E-state index contributed by atoms with van der Waals surface area (Å²) in [5, 5.41) is 2.35. The average Bonchev–Trinajstić information content (AvgIpc) is 3.17. The Morgan fingerprint density at radius 3 is 2.37 bits per heavy atom. The Labute approximate surface area is 169 Å². The van der Waals surface area contributed by atoms with Crippen LogP contribution in [0, 0.1) is 0 Å². The highest BCUT2D eigenvalue weighted by molar-refractivity contribution is 7.92. The Kier molecular flexibility index (Phi) is 6.43. The summed E-state index contributed by atoms with van der Waals surface area (Å²) in [6, 6.07) is 3.18. The van der Waals surface area contributed by atoms with Gasteiger partial charge in [-0.25, -0.2) is 4.98 Å². The third-order valence-corrected chi connectivity index (χ3v) is 6.77. The number of benzene rings is 1. The molecule has 1 heterocycles. The Morgan fingerprint density at radius 2 is 1.83 bits per heavy atom. The lowest BCUT2D eigenvalue weighted by Gasteiger charge is -2.22. The normalized spacial score (nSPS) is 12.8. The van der Waals surface area contributed by atoms with Crippen molar-refractivity contribution in [1.29, 1.82) is 0 Å².